The molecule has 0 spiro atoms. The van der Waals surface area contributed by atoms with E-state index in [0.717, 1.165) is 19.3 Å². The van der Waals surface area contributed by atoms with Crippen LogP contribution >= 0.6 is 0 Å². The van der Waals surface area contributed by atoms with E-state index in [9.17, 15) is 9.59 Å². The molecule has 3 heterocycles. The van der Waals surface area contributed by atoms with Crippen LogP contribution in [0.1, 0.15) is 37.0 Å². The molecule has 1 fully saturated rings. The number of nitrogens with zero attached hydrogens (tertiary/aromatic N) is 5. The van der Waals surface area contributed by atoms with Crippen LogP contribution in [0.4, 0.5) is 0 Å². The highest BCUT2D eigenvalue weighted by Crippen LogP contribution is 2.30. The van der Waals surface area contributed by atoms with Crippen LogP contribution in [0.25, 0.3) is 11.0 Å². The number of hydrogen-bond donors (Lipinski definition) is 0. The van der Waals surface area contributed by atoms with Crippen molar-refractivity contribution in [1.29, 1.82) is 0 Å². The Morgan fingerprint density at radius 1 is 1.31 bits per heavy atom. The third-order valence-corrected chi connectivity index (χ3v) is 4.70. The minimum absolute atomic E-state index is 0.0362. The Labute approximate surface area is 149 Å². The summed E-state index contributed by atoms with van der Waals surface area (Å²) in [5.74, 6) is 0.876. The van der Waals surface area contributed by atoms with Gasteiger partial charge in [0.25, 0.3) is 5.56 Å². The molecule has 134 valence electrons. The molecule has 1 amide bonds. The van der Waals surface area contributed by atoms with Crippen LogP contribution in [-0.2, 0) is 11.3 Å². The number of likely N-dealkylation sites (tertiary alicyclic amines) is 1. The second-order valence-electron chi connectivity index (χ2n) is 6.45. The Kier molecular flexibility index (Phi) is 4.24. The van der Waals surface area contributed by atoms with Gasteiger partial charge in [0.05, 0.1) is 17.2 Å². The van der Waals surface area contributed by atoms with Crippen molar-refractivity contribution in [1.82, 2.24) is 24.6 Å². The van der Waals surface area contributed by atoms with Crippen LogP contribution in [0, 0.1) is 6.92 Å². The number of benzene rings is 1. The summed E-state index contributed by atoms with van der Waals surface area (Å²) in [6.45, 7) is 2.33. The Morgan fingerprint density at radius 2 is 2.15 bits per heavy atom. The van der Waals surface area contributed by atoms with Gasteiger partial charge in [-0.15, -0.1) is 0 Å². The van der Waals surface area contributed by atoms with Gasteiger partial charge in [-0.3, -0.25) is 14.2 Å². The van der Waals surface area contributed by atoms with Gasteiger partial charge in [0.15, 0.2) is 5.82 Å². The zero-order valence-electron chi connectivity index (χ0n) is 14.5. The Balaban J connectivity index is 1.65. The molecule has 0 aliphatic carbocycles. The van der Waals surface area contributed by atoms with Crippen molar-refractivity contribution in [2.45, 2.75) is 38.8 Å². The summed E-state index contributed by atoms with van der Waals surface area (Å²) in [5.41, 5.74) is 1.04. The molecule has 0 unspecified atom stereocenters. The van der Waals surface area contributed by atoms with Crippen LogP contribution < -0.4 is 5.56 Å². The topological polar surface area (TPSA) is 94.1 Å². The van der Waals surface area contributed by atoms with Crippen LogP contribution in [0.15, 0.2) is 39.8 Å². The molecule has 2 aromatic heterocycles. The number of para-hydroxylation sites is 2. The van der Waals surface area contributed by atoms with Gasteiger partial charge in [0, 0.05) is 6.54 Å². The highest BCUT2D eigenvalue weighted by Gasteiger charge is 2.32. The van der Waals surface area contributed by atoms with Gasteiger partial charge in [-0.2, -0.15) is 4.98 Å². The molecule has 0 radical (unpaired) electrons. The van der Waals surface area contributed by atoms with Crippen molar-refractivity contribution >= 4 is 16.9 Å². The van der Waals surface area contributed by atoms with Gasteiger partial charge in [-0.25, -0.2) is 4.98 Å². The van der Waals surface area contributed by atoms with Crippen molar-refractivity contribution in [3.8, 4) is 0 Å². The van der Waals surface area contributed by atoms with Crippen molar-refractivity contribution in [2.75, 3.05) is 6.54 Å². The first-order valence-electron chi connectivity index (χ1n) is 8.68. The normalized spacial score (nSPS) is 17.6. The molecule has 1 saturated heterocycles. The molecule has 1 aliphatic rings. The lowest BCUT2D eigenvalue weighted by atomic mass is 10.0. The molecule has 1 aromatic carbocycles. The number of fused-ring (bicyclic) bond motifs is 1. The highest BCUT2D eigenvalue weighted by molar-refractivity contribution is 5.80. The predicted octanol–water partition coefficient (Wildman–Crippen LogP) is 1.84. The fourth-order valence-corrected chi connectivity index (χ4v) is 3.44. The average Bonchev–Trinajstić information content (AvgIpc) is 3.10. The third-order valence-electron chi connectivity index (χ3n) is 4.70. The maximum absolute atomic E-state index is 13.0. The minimum Gasteiger partial charge on any atom is -0.337 e. The lowest BCUT2D eigenvalue weighted by Crippen LogP contribution is -2.42. The number of aromatic nitrogens is 4. The van der Waals surface area contributed by atoms with Crippen molar-refractivity contribution in [2.24, 2.45) is 0 Å². The molecule has 4 rings (SSSR count). The SMILES string of the molecule is Cc1noc([C@H]2CCCCN2C(=O)Cn2c(=O)cnc3ccccc32)n1. The van der Waals surface area contributed by atoms with Crippen molar-refractivity contribution in [3.05, 3.63) is 52.5 Å². The molecule has 3 aromatic rings. The quantitative estimate of drug-likeness (QED) is 0.713. The zero-order chi connectivity index (χ0) is 18.1. The zero-order valence-corrected chi connectivity index (χ0v) is 14.5. The van der Waals surface area contributed by atoms with Crippen LogP contribution in [0.3, 0.4) is 0 Å². The molecular formula is C18H19N5O3. The van der Waals surface area contributed by atoms with Gasteiger partial charge in [-0.05, 0) is 38.3 Å². The molecule has 26 heavy (non-hydrogen) atoms. The second-order valence-corrected chi connectivity index (χ2v) is 6.45. The van der Waals surface area contributed by atoms with Gasteiger partial charge in [0.1, 0.15) is 12.6 Å². The Hall–Kier alpha value is -3.03. The second kappa shape index (κ2) is 6.70. The first-order chi connectivity index (χ1) is 12.6. The molecule has 1 aliphatic heterocycles. The largest absolute Gasteiger partial charge is 0.337 e. The van der Waals surface area contributed by atoms with E-state index in [2.05, 4.69) is 15.1 Å². The summed E-state index contributed by atoms with van der Waals surface area (Å²) in [6.07, 6.45) is 3.94. The number of carbonyl (C=O) groups excluding carboxylic acids is 1. The van der Waals surface area contributed by atoms with Gasteiger partial charge in [0.2, 0.25) is 11.8 Å². The summed E-state index contributed by atoms with van der Waals surface area (Å²) >= 11 is 0. The predicted molar refractivity (Wildman–Crippen MR) is 93.3 cm³/mol. The summed E-state index contributed by atoms with van der Waals surface area (Å²) in [4.78, 5) is 35.5. The van der Waals surface area contributed by atoms with Crippen LogP contribution in [0.2, 0.25) is 0 Å². The number of amides is 1. The molecule has 8 heteroatoms. The van der Waals surface area contributed by atoms with Gasteiger partial charge >= 0.3 is 0 Å². The number of aryl methyl sites for hydroxylation is 1. The molecule has 8 nitrogen and oxygen atoms in total. The first-order valence-corrected chi connectivity index (χ1v) is 8.68. The molecule has 0 saturated carbocycles. The van der Waals surface area contributed by atoms with E-state index >= 15 is 0 Å². The molecule has 0 bridgehead atoms. The monoisotopic (exact) mass is 353 g/mol. The Bertz CT molecular complexity index is 1010. The number of rotatable bonds is 3. The third kappa shape index (κ3) is 2.98. The number of hydrogen-bond acceptors (Lipinski definition) is 6. The smallest absolute Gasteiger partial charge is 0.269 e. The molecular weight excluding hydrogens is 334 g/mol. The fraction of sp³-hybridized carbons (Fsp3) is 0.389. The van der Waals surface area contributed by atoms with Crippen LogP contribution in [0.5, 0.6) is 0 Å². The fourth-order valence-electron chi connectivity index (χ4n) is 3.44. The average molecular weight is 353 g/mol. The number of piperidine rings is 1. The number of carbonyl (C=O) groups is 1. The van der Waals surface area contributed by atoms with Gasteiger partial charge < -0.3 is 9.42 Å². The van der Waals surface area contributed by atoms with E-state index in [-0.39, 0.29) is 24.1 Å². The summed E-state index contributed by atoms with van der Waals surface area (Å²) in [7, 11) is 0. The van der Waals surface area contributed by atoms with E-state index in [1.807, 2.05) is 18.2 Å². The van der Waals surface area contributed by atoms with Crippen LogP contribution in [-0.4, -0.2) is 37.0 Å². The maximum Gasteiger partial charge on any atom is 0.269 e. The molecule has 0 N–H and O–H groups in total. The van der Waals surface area contributed by atoms with E-state index in [1.165, 1.54) is 10.8 Å². The summed E-state index contributed by atoms with van der Waals surface area (Å²) in [5, 5.41) is 3.84. The minimum atomic E-state index is -0.292. The van der Waals surface area contributed by atoms with Gasteiger partial charge in [-0.1, -0.05) is 17.3 Å². The lowest BCUT2D eigenvalue weighted by molar-refractivity contribution is -0.136. The summed E-state index contributed by atoms with van der Waals surface area (Å²) in [6, 6.07) is 7.06. The van der Waals surface area contributed by atoms with E-state index in [0.29, 0.717) is 29.3 Å². The van der Waals surface area contributed by atoms with Crippen molar-refractivity contribution < 1.29 is 9.32 Å². The first kappa shape index (κ1) is 16.4. The van der Waals surface area contributed by atoms with Crippen molar-refractivity contribution in [3.63, 3.8) is 0 Å². The van der Waals surface area contributed by atoms with E-state index < -0.39 is 0 Å². The summed E-state index contributed by atoms with van der Waals surface area (Å²) < 4.78 is 6.76. The Morgan fingerprint density at radius 3 is 2.96 bits per heavy atom. The highest BCUT2D eigenvalue weighted by atomic mass is 16.5. The van der Waals surface area contributed by atoms with E-state index in [1.54, 1.807) is 17.9 Å². The van der Waals surface area contributed by atoms with E-state index in [4.69, 9.17) is 4.52 Å². The molecule has 1 atom stereocenters. The lowest BCUT2D eigenvalue weighted by Gasteiger charge is -2.33. The standard InChI is InChI=1S/C18H19N5O3/c1-12-20-18(26-21-12)15-8-4-5-9-22(15)17(25)11-23-14-7-3-2-6-13(14)19-10-16(23)24/h2-3,6-7,10,15H,4-5,8-9,11H2,1H3/t15-/m1/s1. The maximum atomic E-state index is 13.0.